The van der Waals surface area contributed by atoms with Gasteiger partial charge in [0.15, 0.2) is 16.5 Å². The predicted molar refractivity (Wildman–Crippen MR) is 129 cm³/mol. The molecule has 1 atom stereocenters. The number of hydrogen-bond donors (Lipinski definition) is 0. The van der Waals surface area contributed by atoms with E-state index in [4.69, 9.17) is 9.47 Å². The monoisotopic (exact) mass is 495 g/mol. The maximum absolute atomic E-state index is 13.2. The molecule has 3 aromatic rings. The van der Waals surface area contributed by atoms with Gasteiger partial charge in [0.1, 0.15) is 13.2 Å². The number of ether oxygens (including phenoxy) is 2. The highest BCUT2D eigenvalue weighted by molar-refractivity contribution is 7.15. The Labute approximate surface area is 205 Å². The Kier molecular flexibility index (Phi) is 5.65. The van der Waals surface area contributed by atoms with Gasteiger partial charge in [0.2, 0.25) is 11.8 Å². The Hall–Kier alpha value is -3.44. The number of piperazine rings is 1. The van der Waals surface area contributed by atoms with Crippen LogP contribution in [0.15, 0.2) is 40.6 Å². The number of fused-ring (bicyclic) bond motifs is 2. The van der Waals surface area contributed by atoms with Crippen LogP contribution in [0.2, 0.25) is 0 Å². The molecule has 0 aliphatic carbocycles. The Balaban J connectivity index is 1.06. The van der Waals surface area contributed by atoms with Crippen LogP contribution in [-0.2, 0) is 16.1 Å². The number of thiazole rings is 1. The fraction of sp³-hybridized carbons (Fsp3) is 0.417. The molecule has 5 heterocycles. The molecule has 3 aliphatic heterocycles. The molecule has 1 aromatic carbocycles. The van der Waals surface area contributed by atoms with Crippen molar-refractivity contribution in [2.75, 3.05) is 50.8 Å². The van der Waals surface area contributed by atoms with Gasteiger partial charge in [-0.3, -0.25) is 23.7 Å². The van der Waals surface area contributed by atoms with Crippen molar-refractivity contribution in [1.29, 1.82) is 0 Å². The van der Waals surface area contributed by atoms with E-state index in [0.717, 1.165) is 11.4 Å². The molecule has 35 heavy (non-hydrogen) atoms. The van der Waals surface area contributed by atoms with E-state index in [0.29, 0.717) is 68.9 Å². The van der Waals surface area contributed by atoms with E-state index in [1.807, 2.05) is 28.5 Å². The van der Waals surface area contributed by atoms with Crippen LogP contribution in [0.4, 0.5) is 5.69 Å². The van der Waals surface area contributed by atoms with E-state index in [1.165, 1.54) is 11.3 Å². The second-order valence-electron chi connectivity index (χ2n) is 8.98. The number of anilines is 1. The summed E-state index contributed by atoms with van der Waals surface area (Å²) >= 11 is 1.44. The highest BCUT2D eigenvalue weighted by Gasteiger charge is 2.38. The molecule has 0 spiro atoms. The fourth-order valence-electron chi connectivity index (χ4n) is 4.90. The lowest BCUT2D eigenvalue weighted by Crippen LogP contribution is -2.50. The first kappa shape index (κ1) is 22.1. The number of benzene rings is 1. The zero-order valence-electron chi connectivity index (χ0n) is 19.1. The first-order chi connectivity index (χ1) is 17.0. The third-order valence-electron chi connectivity index (χ3n) is 6.74. The average Bonchev–Trinajstić information content (AvgIpc) is 3.51. The average molecular weight is 496 g/mol. The number of rotatable bonds is 4. The minimum atomic E-state index is -0.356. The number of aromatic nitrogens is 2. The van der Waals surface area contributed by atoms with Crippen LogP contribution in [0.3, 0.4) is 0 Å². The van der Waals surface area contributed by atoms with Crippen LogP contribution in [-0.4, -0.2) is 76.9 Å². The molecule has 0 radical (unpaired) electrons. The largest absolute Gasteiger partial charge is 0.486 e. The summed E-state index contributed by atoms with van der Waals surface area (Å²) in [5.74, 6) is 0.912. The van der Waals surface area contributed by atoms with Crippen molar-refractivity contribution in [3.63, 3.8) is 0 Å². The van der Waals surface area contributed by atoms with Gasteiger partial charge in [-0.25, -0.2) is 4.98 Å². The zero-order valence-corrected chi connectivity index (χ0v) is 19.9. The van der Waals surface area contributed by atoms with Crippen molar-refractivity contribution in [3.8, 4) is 11.5 Å². The Morgan fingerprint density at radius 1 is 1.06 bits per heavy atom. The molecule has 2 fully saturated rings. The summed E-state index contributed by atoms with van der Waals surface area (Å²) in [7, 11) is 0. The highest BCUT2D eigenvalue weighted by atomic mass is 32.1. The summed E-state index contributed by atoms with van der Waals surface area (Å²) in [5.41, 5.74) is 1.40. The maximum Gasteiger partial charge on any atom is 0.258 e. The number of hydrogen-bond acceptors (Lipinski definition) is 8. The number of nitrogens with zero attached hydrogens (tertiary/aromatic N) is 5. The Morgan fingerprint density at radius 2 is 1.86 bits per heavy atom. The van der Waals surface area contributed by atoms with E-state index in [1.54, 1.807) is 21.6 Å². The first-order valence-electron chi connectivity index (χ1n) is 11.7. The standard InChI is InChI=1S/C24H25N5O5S/c30-21-11-16(14-29(21)18-1-2-19-20(13-18)34-9-8-33-19)23(32)27-5-3-26(4-6-27)15-17-12-22(31)28-7-10-35-24(28)25-17/h1-2,7,10,12-13,16H,3-6,8-9,11,14-15H2/t16-/m0/s1. The van der Waals surface area contributed by atoms with Crippen molar-refractivity contribution in [2.45, 2.75) is 13.0 Å². The normalized spacial score (nSPS) is 20.6. The third-order valence-corrected chi connectivity index (χ3v) is 7.49. The molecule has 2 aromatic heterocycles. The molecule has 0 bridgehead atoms. The number of carbonyl (C=O) groups excluding carboxylic acids is 2. The second kappa shape index (κ2) is 8.97. The fourth-order valence-corrected chi connectivity index (χ4v) is 5.64. The smallest absolute Gasteiger partial charge is 0.258 e. The zero-order chi connectivity index (χ0) is 23.9. The van der Waals surface area contributed by atoms with Crippen molar-refractivity contribution >= 4 is 33.8 Å². The predicted octanol–water partition coefficient (Wildman–Crippen LogP) is 1.22. The van der Waals surface area contributed by atoms with Crippen LogP contribution in [0, 0.1) is 5.92 Å². The van der Waals surface area contributed by atoms with Crippen molar-refractivity contribution in [1.82, 2.24) is 19.2 Å². The molecule has 2 amide bonds. The third kappa shape index (κ3) is 4.25. The van der Waals surface area contributed by atoms with Gasteiger partial charge in [0.25, 0.3) is 5.56 Å². The van der Waals surface area contributed by atoms with Crippen LogP contribution in [0.25, 0.3) is 4.96 Å². The van der Waals surface area contributed by atoms with Gasteiger partial charge >= 0.3 is 0 Å². The topological polar surface area (TPSA) is 96.7 Å². The molecule has 0 N–H and O–H groups in total. The lowest BCUT2D eigenvalue weighted by atomic mass is 10.1. The van der Waals surface area contributed by atoms with Gasteiger partial charge in [-0.2, -0.15) is 0 Å². The second-order valence-corrected chi connectivity index (χ2v) is 9.85. The molecular weight excluding hydrogens is 470 g/mol. The van der Waals surface area contributed by atoms with Gasteiger partial charge in [-0.15, -0.1) is 11.3 Å². The van der Waals surface area contributed by atoms with Crippen LogP contribution >= 0.6 is 11.3 Å². The van der Waals surface area contributed by atoms with Crippen LogP contribution in [0.5, 0.6) is 11.5 Å². The Bertz CT molecular complexity index is 1350. The summed E-state index contributed by atoms with van der Waals surface area (Å²) in [6, 6.07) is 7.04. The lowest BCUT2D eigenvalue weighted by Gasteiger charge is -2.35. The minimum absolute atomic E-state index is 0.0226. The molecule has 3 aliphatic rings. The highest BCUT2D eigenvalue weighted by Crippen LogP contribution is 2.36. The summed E-state index contributed by atoms with van der Waals surface area (Å²) in [6.07, 6.45) is 1.94. The molecule has 0 saturated carbocycles. The molecule has 6 rings (SSSR count). The molecule has 11 heteroatoms. The van der Waals surface area contributed by atoms with Crippen LogP contribution < -0.4 is 19.9 Å². The maximum atomic E-state index is 13.2. The van der Waals surface area contributed by atoms with Crippen molar-refractivity contribution < 1.29 is 19.1 Å². The molecule has 2 saturated heterocycles. The summed E-state index contributed by atoms with van der Waals surface area (Å²) in [5, 5.41) is 1.85. The van der Waals surface area contributed by atoms with E-state index in [9.17, 15) is 14.4 Å². The quantitative estimate of drug-likeness (QED) is 0.537. The van der Waals surface area contributed by atoms with E-state index in [2.05, 4.69) is 9.88 Å². The molecule has 0 unspecified atom stereocenters. The van der Waals surface area contributed by atoms with Gasteiger partial charge < -0.3 is 19.3 Å². The van der Waals surface area contributed by atoms with E-state index in [-0.39, 0.29) is 29.7 Å². The minimum Gasteiger partial charge on any atom is -0.486 e. The van der Waals surface area contributed by atoms with Gasteiger partial charge in [-0.1, -0.05) is 0 Å². The van der Waals surface area contributed by atoms with Crippen molar-refractivity contribution in [2.24, 2.45) is 5.92 Å². The van der Waals surface area contributed by atoms with Crippen LogP contribution in [0.1, 0.15) is 12.1 Å². The number of carbonyl (C=O) groups is 2. The van der Waals surface area contributed by atoms with Gasteiger partial charge in [-0.05, 0) is 12.1 Å². The van der Waals surface area contributed by atoms with E-state index >= 15 is 0 Å². The molecule has 182 valence electrons. The summed E-state index contributed by atoms with van der Waals surface area (Å²) in [6.45, 7) is 4.51. The SMILES string of the molecule is O=C([C@H]1CC(=O)N(c2ccc3c(c2)OCCO3)C1)N1CCN(Cc2cc(=O)n3ccsc3n2)CC1. The molecular formula is C24H25N5O5S. The van der Waals surface area contributed by atoms with Gasteiger partial charge in [0.05, 0.1) is 11.6 Å². The van der Waals surface area contributed by atoms with Crippen molar-refractivity contribution in [3.05, 3.63) is 51.9 Å². The summed E-state index contributed by atoms with van der Waals surface area (Å²) < 4.78 is 12.7. The number of amides is 2. The Morgan fingerprint density at radius 3 is 2.69 bits per heavy atom. The first-order valence-corrected chi connectivity index (χ1v) is 12.6. The lowest BCUT2D eigenvalue weighted by molar-refractivity contribution is -0.137. The van der Waals surface area contributed by atoms with E-state index < -0.39 is 0 Å². The molecule has 10 nitrogen and oxygen atoms in total. The van der Waals surface area contributed by atoms with Gasteiger partial charge in [0, 0.05) is 75.1 Å². The summed E-state index contributed by atoms with van der Waals surface area (Å²) in [4.78, 5) is 49.2.